The number of anilines is 1. The van der Waals surface area contributed by atoms with Gasteiger partial charge in [-0.2, -0.15) is 0 Å². The van der Waals surface area contributed by atoms with Crippen molar-refractivity contribution in [1.29, 1.82) is 0 Å². The third-order valence-corrected chi connectivity index (χ3v) is 4.95. The molecular weight excluding hydrogens is 322 g/mol. The van der Waals surface area contributed by atoms with Crippen LogP contribution in [-0.2, 0) is 11.3 Å². The highest BCUT2D eigenvalue weighted by atomic mass is 32.2. The largest absolute Gasteiger partial charge is 0.366 e. The lowest BCUT2D eigenvalue weighted by atomic mass is 10.3. The third-order valence-electron chi connectivity index (χ3n) is 3.04. The van der Waals surface area contributed by atoms with Crippen molar-refractivity contribution in [3.63, 3.8) is 0 Å². The van der Waals surface area contributed by atoms with Gasteiger partial charge in [0, 0.05) is 6.54 Å². The van der Waals surface area contributed by atoms with E-state index in [1.165, 1.54) is 23.1 Å². The molecule has 0 aromatic carbocycles. The molecule has 0 bridgehead atoms. The first-order valence-corrected chi connectivity index (χ1v) is 8.44. The molecule has 0 radical (unpaired) electrons. The molecule has 2 amide bonds. The highest BCUT2D eigenvalue weighted by Crippen LogP contribution is 2.26. The van der Waals surface area contributed by atoms with Crippen molar-refractivity contribution in [2.24, 2.45) is 5.73 Å². The highest BCUT2D eigenvalue weighted by Gasteiger charge is 2.21. The Kier molecular flexibility index (Phi) is 5.19. The van der Waals surface area contributed by atoms with Gasteiger partial charge in [0.25, 0.3) is 5.91 Å². The maximum absolute atomic E-state index is 12.3. The van der Waals surface area contributed by atoms with Gasteiger partial charge in [-0.25, -0.2) is 0 Å². The molecule has 0 aliphatic rings. The summed E-state index contributed by atoms with van der Waals surface area (Å²) < 4.78 is 1.94. The van der Waals surface area contributed by atoms with Crippen molar-refractivity contribution in [3.05, 3.63) is 22.8 Å². The van der Waals surface area contributed by atoms with Crippen molar-refractivity contribution in [1.82, 2.24) is 14.8 Å². The maximum Gasteiger partial charge on any atom is 0.251 e. The minimum atomic E-state index is -0.557. The van der Waals surface area contributed by atoms with E-state index in [-0.39, 0.29) is 11.2 Å². The van der Waals surface area contributed by atoms with Gasteiger partial charge in [-0.15, -0.1) is 21.5 Å². The summed E-state index contributed by atoms with van der Waals surface area (Å²) in [4.78, 5) is 23.5. The Balaban J connectivity index is 2.06. The van der Waals surface area contributed by atoms with E-state index in [2.05, 4.69) is 15.5 Å². The normalized spacial score (nSPS) is 12.1. The number of hydrogen-bond donors (Lipinski definition) is 2. The van der Waals surface area contributed by atoms with E-state index < -0.39 is 5.91 Å². The third kappa shape index (κ3) is 3.47. The molecule has 0 aliphatic heterocycles. The predicted octanol–water partition coefficient (Wildman–Crippen LogP) is 1.89. The number of hydrogen-bond acceptors (Lipinski definition) is 6. The molecule has 3 N–H and O–H groups in total. The molecule has 118 valence electrons. The molecule has 1 unspecified atom stereocenters. The van der Waals surface area contributed by atoms with Gasteiger partial charge in [0.2, 0.25) is 5.91 Å². The standard InChI is InChI=1S/C13H17N5O2S2/c1-4-18-8(3)16-17-13(18)22-7(2)11(20)15-12-9(10(14)19)5-6-21-12/h5-7H,4H2,1-3H3,(H2,14,19)(H,15,20). The number of carbonyl (C=O) groups excluding carboxylic acids is 2. The molecule has 0 saturated heterocycles. The van der Waals surface area contributed by atoms with Crippen LogP contribution in [0.5, 0.6) is 0 Å². The van der Waals surface area contributed by atoms with Gasteiger partial charge in [0.15, 0.2) is 5.16 Å². The number of nitrogens with two attached hydrogens (primary N) is 1. The van der Waals surface area contributed by atoms with Gasteiger partial charge in [-0.1, -0.05) is 11.8 Å². The molecule has 22 heavy (non-hydrogen) atoms. The number of thioether (sulfide) groups is 1. The summed E-state index contributed by atoms with van der Waals surface area (Å²) in [6.45, 7) is 6.39. The first kappa shape index (κ1) is 16.5. The smallest absolute Gasteiger partial charge is 0.251 e. The average Bonchev–Trinajstić information content (AvgIpc) is 3.05. The first-order valence-electron chi connectivity index (χ1n) is 6.68. The molecule has 0 aliphatic carbocycles. The lowest BCUT2D eigenvalue weighted by Gasteiger charge is -2.12. The average molecular weight is 339 g/mol. The number of carbonyl (C=O) groups is 2. The van der Waals surface area contributed by atoms with Crippen molar-refractivity contribution in [2.45, 2.75) is 37.7 Å². The van der Waals surface area contributed by atoms with E-state index in [1.54, 1.807) is 18.4 Å². The second-order valence-corrected chi connectivity index (χ2v) is 6.78. The highest BCUT2D eigenvalue weighted by molar-refractivity contribution is 8.00. The van der Waals surface area contributed by atoms with Gasteiger partial charge in [0.1, 0.15) is 10.8 Å². The SMILES string of the molecule is CCn1c(C)nnc1SC(C)C(=O)Nc1sccc1C(N)=O. The number of primary amides is 1. The van der Waals surface area contributed by atoms with Crippen LogP contribution in [0, 0.1) is 6.92 Å². The van der Waals surface area contributed by atoms with Gasteiger partial charge in [0.05, 0.1) is 10.8 Å². The summed E-state index contributed by atoms with van der Waals surface area (Å²) in [6, 6.07) is 1.59. The molecule has 0 saturated carbocycles. The minimum Gasteiger partial charge on any atom is -0.366 e. The lowest BCUT2D eigenvalue weighted by molar-refractivity contribution is -0.115. The van der Waals surface area contributed by atoms with Crippen molar-refractivity contribution in [2.75, 3.05) is 5.32 Å². The van der Waals surface area contributed by atoms with E-state index in [0.29, 0.717) is 15.7 Å². The fourth-order valence-corrected chi connectivity index (χ4v) is 3.59. The minimum absolute atomic E-state index is 0.210. The van der Waals surface area contributed by atoms with Crippen LogP contribution in [0.15, 0.2) is 16.6 Å². The Hall–Kier alpha value is -1.87. The van der Waals surface area contributed by atoms with Gasteiger partial charge in [-0.05, 0) is 32.2 Å². The Morgan fingerprint density at radius 2 is 2.23 bits per heavy atom. The second kappa shape index (κ2) is 6.93. The summed E-state index contributed by atoms with van der Waals surface area (Å²) in [7, 11) is 0. The number of aryl methyl sites for hydroxylation is 1. The van der Waals surface area contributed by atoms with Gasteiger partial charge < -0.3 is 15.6 Å². The second-order valence-electron chi connectivity index (χ2n) is 4.55. The van der Waals surface area contributed by atoms with Crippen LogP contribution in [0.4, 0.5) is 5.00 Å². The van der Waals surface area contributed by atoms with Crippen LogP contribution < -0.4 is 11.1 Å². The van der Waals surface area contributed by atoms with E-state index in [0.717, 1.165) is 12.4 Å². The summed E-state index contributed by atoms with van der Waals surface area (Å²) in [5, 5.41) is 13.3. The summed E-state index contributed by atoms with van der Waals surface area (Å²) in [5.41, 5.74) is 5.59. The molecule has 9 heteroatoms. The molecule has 0 fully saturated rings. The number of amides is 2. The van der Waals surface area contributed by atoms with Crippen LogP contribution in [0.3, 0.4) is 0 Å². The van der Waals surface area contributed by atoms with E-state index in [9.17, 15) is 9.59 Å². The first-order chi connectivity index (χ1) is 10.4. The summed E-state index contributed by atoms with van der Waals surface area (Å²) in [6.07, 6.45) is 0. The zero-order valence-electron chi connectivity index (χ0n) is 12.5. The van der Waals surface area contributed by atoms with Crippen LogP contribution in [0.2, 0.25) is 0 Å². The predicted molar refractivity (Wildman–Crippen MR) is 87.2 cm³/mol. The molecule has 7 nitrogen and oxygen atoms in total. The molecule has 2 heterocycles. The Morgan fingerprint density at radius 1 is 1.50 bits per heavy atom. The number of nitrogens with zero attached hydrogens (tertiary/aromatic N) is 3. The van der Waals surface area contributed by atoms with E-state index in [1.807, 2.05) is 18.4 Å². The van der Waals surface area contributed by atoms with Crippen LogP contribution in [0.1, 0.15) is 30.0 Å². The molecule has 0 spiro atoms. The topological polar surface area (TPSA) is 103 Å². The quantitative estimate of drug-likeness (QED) is 0.782. The fraction of sp³-hybridized carbons (Fsp3) is 0.385. The summed E-state index contributed by atoms with van der Waals surface area (Å²) in [5.74, 6) is 0.0448. The zero-order chi connectivity index (χ0) is 16.3. The van der Waals surface area contributed by atoms with Gasteiger partial charge in [-0.3, -0.25) is 9.59 Å². The zero-order valence-corrected chi connectivity index (χ0v) is 14.1. The van der Waals surface area contributed by atoms with Gasteiger partial charge >= 0.3 is 0 Å². The number of rotatable bonds is 6. The number of aromatic nitrogens is 3. The number of thiophene rings is 1. The van der Waals surface area contributed by atoms with Crippen LogP contribution >= 0.6 is 23.1 Å². The van der Waals surface area contributed by atoms with Crippen molar-refractivity contribution >= 4 is 39.9 Å². The fourth-order valence-electron chi connectivity index (χ4n) is 1.84. The number of nitrogens with one attached hydrogen (secondary N) is 1. The summed E-state index contributed by atoms with van der Waals surface area (Å²) >= 11 is 2.59. The maximum atomic E-state index is 12.3. The molecular formula is C13H17N5O2S2. The van der Waals surface area contributed by atoms with Crippen molar-refractivity contribution in [3.8, 4) is 0 Å². The Labute approximate surface area is 136 Å². The molecule has 1 atom stereocenters. The lowest BCUT2D eigenvalue weighted by Crippen LogP contribution is -2.24. The van der Waals surface area contributed by atoms with Crippen LogP contribution in [0.25, 0.3) is 0 Å². The molecule has 2 rings (SSSR count). The van der Waals surface area contributed by atoms with Crippen molar-refractivity contribution < 1.29 is 9.59 Å². The van der Waals surface area contributed by atoms with Crippen LogP contribution in [-0.4, -0.2) is 31.8 Å². The van der Waals surface area contributed by atoms with E-state index >= 15 is 0 Å². The Bertz CT molecular complexity index is 694. The monoisotopic (exact) mass is 339 g/mol. The molecule has 2 aromatic heterocycles. The Morgan fingerprint density at radius 3 is 2.86 bits per heavy atom. The molecule has 2 aromatic rings. The van der Waals surface area contributed by atoms with E-state index in [4.69, 9.17) is 5.73 Å².